The Bertz CT molecular complexity index is 403. The summed E-state index contributed by atoms with van der Waals surface area (Å²) in [5.74, 6) is -4.42. The fourth-order valence-corrected chi connectivity index (χ4v) is 1.07. The number of carbonyl (C=O) groups is 1. The van der Waals surface area contributed by atoms with E-state index in [1.165, 1.54) is 0 Å². The summed E-state index contributed by atoms with van der Waals surface area (Å²) >= 11 is 0. The fourth-order valence-electron chi connectivity index (χ4n) is 1.07. The number of anilines is 1. The van der Waals surface area contributed by atoms with Crippen molar-refractivity contribution in [3.05, 3.63) is 29.3 Å². The molecular formula is C9H6F5NO. The lowest BCUT2D eigenvalue weighted by Crippen LogP contribution is -2.25. The van der Waals surface area contributed by atoms with Gasteiger partial charge in [0.05, 0.1) is 0 Å². The Morgan fingerprint density at radius 3 is 2.25 bits per heavy atom. The minimum absolute atomic E-state index is 0.370. The predicted octanol–water partition coefficient (Wildman–Crippen LogP) is 2.22. The number of hydrogen-bond donors (Lipinski definition) is 1. The number of Topliss-reactive ketones (excluding diaryl/α,β-unsaturated/α-hetero) is 1. The lowest BCUT2D eigenvalue weighted by atomic mass is 10.1. The van der Waals surface area contributed by atoms with Crippen LogP contribution in [0.4, 0.5) is 27.6 Å². The van der Waals surface area contributed by atoms with Crippen LogP contribution in [0.1, 0.15) is 5.56 Å². The second-order valence-corrected chi connectivity index (χ2v) is 3.05. The van der Waals surface area contributed by atoms with Gasteiger partial charge in [0.1, 0.15) is 11.6 Å². The summed E-state index contributed by atoms with van der Waals surface area (Å²) in [7, 11) is 0. The lowest BCUT2D eigenvalue weighted by Gasteiger charge is -2.08. The van der Waals surface area contributed by atoms with Crippen molar-refractivity contribution < 1.29 is 26.7 Å². The Kier molecular flexibility index (Phi) is 3.16. The molecule has 0 fully saturated rings. The number of halogens is 5. The van der Waals surface area contributed by atoms with Gasteiger partial charge in [0, 0.05) is 23.7 Å². The maximum atomic E-state index is 13.0. The highest BCUT2D eigenvalue weighted by Gasteiger charge is 2.38. The van der Waals surface area contributed by atoms with Crippen LogP contribution in [0.2, 0.25) is 0 Å². The number of ketones is 1. The lowest BCUT2D eigenvalue weighted by molar-refractivity contribution is -0.170. The fraction of sp³-hybridized carbons (Fsp3) is 0.222. The highest BCUT2D eigenvalue weighted by Crippen LogP contribution is 2.23. The second-order valence-electron chi connectivity index (χ2n) is 3.05. The summed E-state index contributed by atoms with van der Waals surface area (Å²) < 4.78 is 61.2. The third-order valence-electron chi connectivity index (χ3n) is 1.85. The van der Waals surface area contributed by atoms with Crippen LogP contribution < -0.4 is 5.73 Å². The molecule has 0 unspecified atom stereocenters. The molecule has 0 heterocycles. The quantitative estimate of drug-likeness (QED) is 0.635. The van der Waals surface area contributed by atoms with Gasteiger partial charge in [-0.15, -0.1) is 0 Å². The van der Waals surface area contributed by atoms with Gasteiger partial charge in [-0.2, -0.15) is 13.2 Å². The van der Waals surface area contributed by atoms with E-state index in [2.05, 4.69) is 0 Å². The third kappa shape index (κ3) is 2.68. The normalized spacial score (nSPS) is 11.6. The average molecular weight is 239 g/mol. The topological polar surface area (TPSA) is 43.1 Å². The van der Waals surface area contributed by atoms with E-state index in [0.717, 1.165) is 0 Å². The number of alkyl halides is 3. The molecule has 1 aromatic carbocycles. The van der Waals surface area contributed by atoms with Crippen LogP contribution in [-0.4, -0.2) is 12.0 Å². The Balaban J connectivity index is 3.03. The highest BCUT2D eigenvalue weighted by atomic mass is 19.4. The van der Waals surface area contributed by atoms with Crippen LogP contribution >= 0.6 is 0 Å². The zero-order valence-electron chi connectivity index (χ0n) is 7.74. The van der Waals surface area contributed by atoms with Gasteiger partial charge in [0.2, 0.25) is 5.78 Å². The first-order chi connectivity index (χ1) is 7.21. The summed E-state index contributed by atoms with van der Waals surface area (Å²) in [6.07, 6.45) is -6.30. The van der Waals surface area contributed by atoms with Crippen LogP contribution in [0.5, 0.6) is 0 Å². The van der Waals surface area contributed by atoms with E-state index in [9.17, 15) is 26.7 Å². The number of rotatable bonds is 2. The van der Waals surface area contributed by atoms with Gasteiger partial charge in [-0.1, -0.05) is 0 Å². The molecule has 1 rings (SSSR count). The molecule has 2 N–H and O–H groups in total. The SMILES string of the molecule is Nc1cc(F)cc(F)c1CC(=O)C(F)(F)F. The van der Waals surface area contributed by atoms with Gasteiger partial charge >= 0.3 is 6.18 Å². The molecular weight excluding hydrogens is 233 g/mol. The largest absolute Gasteiger partial charge is 0.450 e. The van der Waals surface area contributed by atoms with Gasteiger partial charge in [0.15, 0.2) is 0 Å². The van der Waals surface area contributed by atoms with Crippen LogP contribution in [0, 0.1) is 11.6 Å². The number of carbonyl (C=O) groups excluding carboxylic acids is 1. The van der Waals surface area contributed by atoms with Gasteiger partial charge in [-0.05, 0) is 6.07 Å². The molecule has 1 aromatic rings. The summed E-state index contributed by atoms with van der Waals surface area (Å²) in [4.78, 5) is 10.6. The standard InChI is InChI=1S/C9H6F5NO/c10-4-1-6(11)5(7(15)2-4)3-8(16)9(12,13)14/h1-2H,3,15H2. The molecule has 7 heteroatoms. The molecule has 2 nitrogen and oxygen atoms in total. The van der Waals surface area contributed by atoms with Crippen LogP contribution in [0.15, 0.2) is 12.1 Å². The van der Waals surface area contributed by atoms with Crippen LogP contribution in [-0.2, 0) is 11.2 Å². The monoisotopic (exact) mass is 239 g/mol. The highest BCUT2D eigenvalue weighted by molar-refractivity contribution is 5.87. The maximum absolute atomic E-state index is 13.0. The molecule has 0 saturated heterocycles. The number of benzene rings is 1. The van der Waals surface area contributed by atoms with Gasteiger partial charge in [-0.3, -0.25) is 4.79 Å². The van der Waals surface area contributed by atoms with Crippen LogP contribution in [0.3, 0.4) is 0 Å². The molecule has 0 aliphatic heterocycles. The molecule has 0 aromatic heterocycles. The molecule has 0 radical (unpaired) electrons. The van der Waals surface area contributed by atoms with Crippen molar-refractivity contribution >= 4 is 11.5 Å². The van der Waals surface area contributed by atoms with E-state index in [4.69, 9.17) is 5.73 Å². The van der Waals surface area contributed by atoms with Crippen LogP contribution in [0.25, 0.3) is 0 Å². The second kappa shape index (κ2) is 4.07. The van der Waals surface area contributed by atoms with Crippen molar-refractivity contribution in [2.24, 2.45) is 0 Å². The smallest absolute Gasteiger partial charge is 0.398 e. The Morgan fingerprint density at radius 1 is 1.25 bits per heavy atom. The Hall–Kier alpha value is -1.66. The van der Waals surface area contributed by atoms with E-state index in [1.807, 2.05) is 0 Å². The van der Waals surface area contributed by atoms with Crippen molar-refractivity contribution in [3.63, 3.8) is 0 Å². The molecule has 0 amide bonds. The maximum Gasteiger partial charge on any atom is 0.450 e. The Labute approximate surface area is 86.9 Å². The van der Waals surface area contributed by atoms with Gasteiger partial charge < -0.3 is 5.73 Å². The van der Waals surface area contributed by atoms with Gasteiger partial charge in [-0.25, -0.2) is 8.78 Å². The van der Waals surface area contributed by atoms with Crippen molar-refractivity contribution in [2.75, 3.05) is 5.73 Å². The minimum atomic E-state index is -5.06. The molecule has 0 atom stereocenters. The first-order valence-corrected chi connectivity index (χ1v) is 4.05. The zero-order valence-corrected chi connectivity index (χ0v) is 7.74. The minimum Gasteiger partial charge on any atom is -0.398 e. The van der Waals surface area contributed by atoms with Crippen molar-refractivity contribution in [1.29, 1.82) is 0 Å². The van der Waals surface area contributed by atoms with Crippen molar-refractivity contribution in [2.45, 2.75) is 12.6 Å². The predicted molar refractivity (Wildman–Crippen MR) is 45.5 cm³/mol. The van der Waals surface area contributed by atoms with E-state index < -0.39 is 41.3 Å². The number of hydrogen-bond acceptors (Lipinski definition) is 2. The summed E-state index contributed by atoms with van der Waals surface area (Å²) in [5.41, 5.74) is 3.95. The first kappa shape index (κ1) is 12.4. The molecule has 88 valence electrons. The van der Waals surface area contributed by atoms with Gasteiger partial charge in [0.25, 0.3) is 0 Å². The Morgan fingerprint density at radius 2 is 1.81 bits per heavy atom. The third-order valence-corrected chi connectivity index (χ3v) is 1.85. The summed E-state index contributed by atoms with van der Waals surface area (Å²) in [6.45, 7) is 0. The molecule has 0 aliphatic carbocycles. The molecule has 0 saturated carbocycles. The molecule has 0 bridgehead atoms. The average Bonchev–Trinajstić information content (AvgIpc) is 2.08. The first-order valence-electron chi connectivity index (χ1n) is 4.05. The summed E-state index contributed by atoms with van der Waals surface area (Å²) in [6, 6.07) is 1.03. The van der Waals surface area contributed by atoms with E-state index in [-0.39, 0.29) is 0 Å². The van der Waals surface area contributed by atoms with E-state index in [1.54, 1.807) is 0 Å². The zero-order chi connectivity index (χ0) is 12.5. The van der Waals surface area contributed by atoms with E-state index >= 15 is 0 Å². The number of nitrogens with two attached hydrogens (primary N) is 1. The molecule has 0 aliphatic rings. The van der Waals surface area contributed by atoms with E-state index in [0.29, 0.717) is 12.1 Å². The molecule has 16 heavy (non-hydrogen) atoms. The van der Waals surface area contributed by atoms with Crippen molar-refractivity contribution in [1.82, 2.24) is 0 Å². The number of nitrogen functional groups attached to an aromatic ring is 1. The summed E-state index contributed by atoms with van der Waals surface area (Å²) in [5, 5.41) is 0. The molecule has 0 spiro atoms. The van der Waals surface area contributed by atoms with Crippen molar-refractivity contribution in [3.8, 4) is 0 Å².